The Morgan fingerprint density at radius 1 is 0.842 bits per heavy atom. The summed E-state index contributed by atoms with van der Waals surface area (Å²) < 4.78 is 26.7. The monoisotopic (exact) mass is 295 g/mol. The molecule has 118 valence electrons. The second-order valence-electron chi connectivity index (χ2n) is 5.09. The van der Waals surface area contributed by atoms with E-state index in [0.29, 0.717) is 0 Å². The van der Waals surface area contributed by atoms with Crippen molar-refractivity contribution >= 4 is 11.4 Å². The van der Waals surface area contributed by atoms with Crippen molar-refractivity contribution in [1.29, 1.82) is 0 Å². The third kappa shape index (κ3) is 14.3. The number of quaternary nitrogens is 1. The van der Waals surface area contributed by atoms with Crippen LogP contribution < -0.4 is 0 Å². The van der Waals surface area contributed by atoms with Crippen molar-refractivity contribution in [3.05, 3.63) is 0 Å². The molecule has 0 aromatic carbocycles. The maximum atomic E-state index is 8.44. The van der Waals surface area contributed by atoms with Gasteiger partial charge in [0.25, 0.3) is 0 Å². The van der Waals surface area contributed by atoms with Crippen molar-refractivity contribution in [3.8, 4) is 0 Å². The van der Waals surface area contributed by atoms with Crippen LogP contribution in [0.2, 0.25) is 0 Å². The molecule has 0 bridgehead atoms. The molecule has 0 saturated carbocycles. The van der Waals surface area contributed by atoms with Gasteiger partial charge in [0.2, 0.25) is 0 Å². The van der Waals surface area contributed by atoms with Crippen molar-refractivity contribution in [1.82, 2.24) is 0 Å². The van der Waals surface area contributed by atoms with E-state index in [9.17, 15) is 0 Å². The molecule has 0 aromatic rings. The first kappa shape index (κ1) is 21.3. The fourth-order valence-electron chi connectivity index (χ4n) is 2.29. The number of hydrogen-bond donors (Lipinski definition) is 0. The highest BCUT2D eigenvalue weighted by Gasteiger charge is 2.22. The molecule has 0 aliphatic carbocycles. The Morgan fingerprint density at radius 3 is 1.26 bits per heavy atom. The summed E-state index contributed by atoms with van der Waals surface area (Å²) in [6.45, 7) is 14.9. The molecule has 0 unspecified atom stereocenters. The second-order valence-corrected chi connectivity index (χ2v) is 5.50. The van der Waals surface area contributed by atoms with Gasteiger partial charge >= 0.3 is 1.43 Å². The second kappa shape index (κ2) is 14.4. The third-order valence-corrected chi connectivity index (χ3v) is 3.63. The molecule has 0 aromatic heterocycles. The van der Waals surface area contributed by atoms with Gasteiger partial charge in [-0.15, -0.1) is 11.4 Å². The van der Waals surface area contributed by atoms with Gasteiger partial charge in [0.1, 0.15) is 0 Å². The Hall–Kier alpha value is 0.0300. The average molecular weight is 295 g/mol. The molecule has 0 saturated heterocycles. The fourth-order valence-corrected chi connectivity index (χ4v) is 2.29. The van der Waals surface area contributed by atoms with Gasteiger partial charge in [-0.05, 0) is 26.2 Å². The lowest BCUT2D eigenvalue weighted by Crippen LogP contribution is -2.49. The quantitative estimate of drug-likeness (QED) is 0.459. The summed E-state index contributed by atoms with van der Waals surface area (Å²) in [5.74, 6) is 0. The summed E-state index contributed by atoms with van der Waals surface area (Å²) in [7, 11) is 0. The highest BCUT2D eigenvalue weighted by molar-refractivity contribution is 7.72. The minimum atomic E-state index is -3.11. The SMILES string of the molecule is CCCC[N+](CC)(CCCC)CCCC.O=S([O-])[O-].[H+]. The Balaban J connectivity index is -0.000000508. The standard InChI is InChI=1S/C14H32N.H2O3S/c1-5-9-12-15(8-4,13-10-6-2)14-11-7-3;1-4(2)3/h5-14H2,1-4H3;(H2,1,2,3)/q+1;/p-1. The maximum Gasteiger partial charge on any atom is 1.00 e. The van der Waals surface area contributed by atoms with Crippen LogP contribution in [0.25, 0.3) is 0 Å². The lowest BCUT2D eigenvalue weighted by Gasteiger charge is -2.38. The summed E-state index contributed by atoms with van der Waals surface area (Å²) >= 11 is -3.11. The first-order valence-corrected chi connectivity index (χ1v) is 8.59. The Morgan fingerprint density at radius 2 is 1.11 bits per heavy atom. The van der Waals surface area contributed by atoms with Crippen LogP contribution in [0.4, 0.5) is 0 Å². The van der Waals surface area contributed by atoms with E-state index in [0.717, 1.165) is 0 Å². The normalized spacial score (nSPS) is 11.3. The van der Waals surface area contributed by atoms with Gasteiger partial charge in [0.15, 0.2) is 0 Å². The van der Waals surface area contributed by atoms with Crippen LogP contribution in [0.1, 0.15) is 67.6 Å². The van der Waals surface area contributed by atoms with E-state index in [-0.39, 0.29) is 1.43 Å². The van der Waals surface area contributed by atoms with Gasteiger partial charge in [-0.25, -0.2) is 0 Å². The smallest absolute Gasteiger partial charge is 0.784 e. The van der Waals surface area contributed by atoms with Crippen LogP contribution >= 0.6 is 0 Å². The summed E-state index contributed by atoms with van der Waals surface area (Å²) in [4.78, 5) is 0. The molecule has 0 rings (SSSR count). The summed E-state index contributed by atoms with van der Waals surface area (Å²) in [6, 6.07) is 0. The summed E-state index contributed by atoms with van der Waals surface area (Å²) in [5.41, 5.74) is 0. The molecule has 0 radical (unpaired) electrons. The summed E-state index contributed by atoms with van der Waals surface area (Å²) in [5, 5.41) is 0. The predicted octanol–water partition coefficient (Wildman–Crippen LogP) is 3.33. The predicted molar refractivity (Wildman–Crippen MR) is 80.9 cm³/mol. The average Bonchev–Trinajstić information content (AvgIpc) is 2.38. The molecular weight excluding hydrogens is 262 g/mol. The number of unbranched alkanes of at least 4 members (excludes halogenated alkanes) is 3. The van der Waals surface area contributed by atoms with E-state index in [1.807, 2.05) is 0 Å². The van der Waals surface area contributed by atoms with Crippen LogP contribution in [0.3, 0.4) is 0 Å². The van der Waals surface area contributed by atoms with Gasteiger partial charge in [-0.3, -0.25) is 4.21 Å². The third-order valence-electron chi connectivity index (χ3n) is 3.63. The summed E-state index contributed by atoms with van der Waals surface area (Å²) in [6.07, 6.45) is 8.25. The Bertz CT molecular complexity index is 193. The van der Waals surface area contributed by atoms with Crippen molar-refractivity contribution in [2.24, 2.45) is 0 Å². The topological polar surface area (TPSA) is 63.2 Å². The van der Waals surface area contributed by atoms with Crippen LogP contribution in [0.15, 0.2) is 0 Å². The molecule has 0 amide bonds. The molecule has 0 N–H and O–H groups in total. The van der Waals surface area contributed by atoms with Crippen LogP contribution in [0.5, 0.6) is 0 Å². The van der Waals surface area contributed by atoms with Crippen LogP contribution in [-0.2, 0) is 11.4 Å². The highest BCUT2D eigenvalue weighted by Crippen LogP contribution is 2.14. The minimum Gasteiger partial charge on any atom is -0.784 e. The van der Waals surface area contributed by atoms with Crippen LogP contribution in [-0.4, -0.2) is 44.0 Å². The van der Waals surface area contributed by atoms with E-state index in [1.165, 1.54) is 69.2 Å². The number of nitrogens with zero attached hydrogens (tertiary/aromatic N) is 1. The first-order chi connectivity index (χ1) is 8.97. The van der Waals surface area contributed by atoms with E-state index in [2.05, 4.69) is 27.7 Å². The van der Waals surface area contributed by atoms with Gasteiger partial charge in [0, 0.05) is 0 Å². The largest absolute Gasteiger partial charge is 1.00 e. The van der Waals surface area contributed by atoms with Gasteiger partial charge in [-0.1, -0.05) is 40.0 Å². The van der Waals surface area contributed by atoms with Crippen LogP contribution in [0, 0.1) is 0 Å². The molecule has 5 heteroatoms. The number of hydrogen-bond acceptors (Lipinski definition) is 3. The van der Waals surface area contributed by atoms with Crippen molar-refractivity contribution in [2.45, 2.75) is 66.2 Å². The zero-order chi connectivity index (χ0) is 15.1. The van der Waals surface area contributed by atoms with Crippen molar-refractivity contribution in [2.75, 3.05) is 26.2 Å². The number of rotatable bonds is 10. The Labute approximate surface area is 123 Å². The van der Waals surface area contributed by atoms with E-state index < -0.39 is 11.4 Å². The zero-order valence-corrected chi connectivity index (χ0v) is 14.0. The molecule has 0 spiro atoms. The molecule has 19 heavy (non-hydrogen) atoms. The van der Waals surface area contributed by atoms with Gasteiger partial charge < -0.3 is 13.6 Å². The molecule has 0 fully saturated rings. The molecule has 0 atom stereocenters. The van der Waals surface area contributed by atoms with Gasteiger partial charge in [0.05, 0.1) is 26.2 Å². The molecule has 4 nitrogen and oxygen atoms in total. The van der Waals surface area contributed by atoms with Gasteiger partial charge in [-0.2, -0.15) is 0 Å². The minimum absolute atomic E-state index is 0. The fraction of sp³-hybridized carbons (Fsp3) is 1.00. The van der Waals surface area contributed by atoms with E-state index in [4.69, 9.17) is 13.3 Å². The molecule has 0 heterocycles. The zero-order valence-electron chi connectivity index (χ0n) is 14.2. The maximum absolute atomic E-state index is 8.44. The molecule has 0 aliphatic heterocycles. The lowest BCUT2D eigenvalue weighted by atomic mass is 10.1. The van der Waals surface area contributed by atoms with E-state index >= 15 is 0 Å². The first-order valence-electron chi connectivity index (χ1n) is 7.59. The van der Waals surface area contributed by atoms with Crippen molar-refractivity contribution in [3.63, 3.8) is 0 Å². The highest BCUT2D eigenvalue weighted by atomic mass is 32.2. The Kier molecular flexibility index (Phi) is 16.2. The molecule has 0 aliphatic rings. The van der Waals surface area contributed by atoms with E-state index in [1.54, 1.807) is 0 Å². The van der Waals surface area contributed by atoms with Crippen molar-refractivity contribution < 1.29 is 19.2 Å². The lowest BCUT2D eigenvalue weighted by molar-refractivity contribution is -0.927. The molecular formula is C14H33NO3S.